The number of nitrogens with zero attached hydrogens (tertiary/aromatic N) is 4. The molecule has 0 unspecified atom stereocenters. The summed E-state index contributed by atoms with van der Waals surface area (Å²) in [5.41, 5.74) is 3.52. The molecule has 3 aromatic carbocycles. The van der Waals surface area contributed by atoms with Crippen molar-refractivity contribution in [3.63, 3.8) is 0 Å². The van der Waals surface area contributed by atoms with Gasteiger partial charge in [-0.15, -0.1) is 10.2 Å². The quantitative estimate of drug-likeness (QED) is 0.355. The van der Waals surface area contributed by atoms with E-state index in [1.165, 1.54) is 17.8 Å². The molecule has 0 spiro atoms. The van der Waals surface area contributed by atoms with Crippen molar-refractivity contribution >= 4 is 40.0 Å². The van der Waals surface area contributed by atoms with Gasteiger partial charge in [0.15, 0.2) is 5.16 Å². The zero-order chi connectivity index (χ0) is 24.5. The third-order valence-corrected chi connectivity index (χ3v) is 6.66. The van der Waals surface area contributed by atoms with E-state index in [-0.39, 0.29) is 23.0 Å². The van der Waals surface area contributed by atoms with E-state index in [1.54, 1.807) is 34.1 Å². The van der Waals surface area contributed by atoms with Gasteiger partial charge in [-0.2, -0.15) is 0 Å². The second-order valence-electron chi connectivity index (χ2n) is 8.31. The van der Waals surface area contributed by atoms with Crippen molar-refractivity contribution in [1.29, 1.82) is 0 Å². The summed E-state index contributed by atoms with van der Waals surface area (Å²) in [5, 5.41) is 12.3. The lowest BCUT2D eigenvalue weighted by atomic mass is 10.1. The Balaban J connectivity index is 1.48. The third kappa shape index (κ3) is 4.54. The predicted octanol–water partition coefficient (Wildman–Crippen LogP) is 4.58. The van der Waals surface area contributed by atoms with Crippen LogP contribution in [-0.2, 0) is 11.3 Å². The van der Waals surface area contributed by atoms with Gasteiger partial charge in [-0.1, -0.05) is 59.8 Å². The summed E-state index contributed by atoms with van der Waals surface area (Å²) in [5.74, 6) is -0.233. The first kappa shape index (κ1) is 22.8. The molecule has 0 saturated carbocycles. The van der Waals surface area contributed by atoms with Crippen LogP contribution in [0.4, 0.5) is 10.1 Å². The summed E-state index contributed by atoms with van der Waals surface area (Å²) in [6.07, 6.45) is 0. The van der Waals surface area contributed by atoms with Crippen LogP contribution < -0.4 is 10.9 Å². The lowest BCUT2D eigenvalue weighted by molar-refractivity contribution is -0.113. The van der Waals surface area contributed by atoms with Crippen molar-refractivity contribution in [2.24, 2.45) is 0 Å². The van der Waals surface area contributed by atoms with Gasteiger partial charge in [-0.25, -0.2) is 4.39 Å². The zero-order valence-electron chi connectivity index (χ0n) is 19.2. The molecule has 0 atom stereocenters. The number of hydrogen-bond acceptors (Lipinski definition) is 5. The van der Waals surface area contributed by atoms with Crippen LogP contribution in [0, 0.1) is 19.7 Å². The molecule has 2 heterocycles. The van der Waals surface area contributed by atoms with E-state index in [2.05, 4.69) is 15.5 Å². The Morgan fingerprint density at radius 3 is 2.57 bits per heavy atom. The molecular formula is C26H22FN5O2S. The Morgan fingerprint density at radius 1 is 1.03 bits per heavy atom. The van der Waals surface area contributed by atoms with E-state index >= 15 is 0 Å². The summed E-state index contributed by atoms with van der Waals surface area (Å²) >= 11 is 1.20. The van der Waals surface area contributed by atoms with Gasteiger partial charge in [0.1, 0.15) is 5.82 Å². The van der Waals surface area contributed by atoms with Gasteiger partial charge < -0.3 is 5.32 Å². The number of fused-ring (bicyclic) bond motifs is 3. The minimum Gasteiger partial charge on any atom is -0.325 e. The molecule has 0 aliphatic rings. The molecule has 0 bridgehead atoms. The number of nitrogens with one attached hydrogen (secondary N) is 1. The molecule has 0 aliphatic carbocycles. The minimum atomic E-state index is -0.378. The minimum absolute atomic E-state index is 0.0434. The topological polar surface area (TPSA) is 81.3 Å². The van der Waals surface area contributed by atoms with Crippen LogP contribution in [0.25, 0.3) is 16.7 Å². The van der Waals surface area contributed by atoms with E-state index in [9.17, 15) is 14.0 Å². The van der Waals surface area contributed by atoms with E-state index in [1.807, 2.05) is 49.4 Å². The maximum absolute atomic E-state index is 13.8. The van der Waals surface area contributed by atoms with Crippen molar-refractivity contribution in [3.8, 4) is 0 Å². The van der Waals surface area contributed by atoms with Crippen molar-refractivity contribution in [1.82, 2.24) is 19.2 Å². The van der Waals surface area contributed by atoms with Gasteiger partial charge in [0, 0.05) is 5.69 Å². The number of carbonyl (C=O) groups is 1. The Kier molecular flexibility index (Phi) is 6.08. The molecule has 0 aliphatic heterocycles. The molecule has 1 N–H and O–H groups in total. The number of rotatable bonds is 6. The molecule has 2 aromatic heterocycles. The molecule has 9 heteroatoms. The monoisotopic (exact) mass is 487 g/mol. The fourth-order valence-electron chi connectivity index (χ4n) is 3.84. The number of hydrogen-bond donors (Lipinski definition) is 1. The molecule has 5 rings (SSSR count). The maximum atomic E-state index is 13.8. The summed E-state index contributed by atoms with van der Waals surface area (Å²) in [6.45, 7) is 4.02. The molecule has 0 radical (unpaired) electrons. The molecule has 5 aromatic rings. The molecule has 0 saturated heterocycles. The Morgan fingerprint density at radius 2 is 1.80 bits per heavy atom. The highest BCUT2D eigenvalue weighted by atomic mass is 32.2. The normalized spacial score (nSPS) is 11.3. The summed E-state index contributed by atoms with van der Waals surface area (Å²) in [4.78, 5) is 25.9. The number of thioether (sulfide) groups is 1. The van der Waals surface area contributed by atoms with Gasteiger partial charge in [0.05, 0.1) is 23.2 Å². The molecule has 176 valence electrons. The Hall–Kier alpha value is -3.98. The second-order valence-corrected chi connectivity index (χ2v) is 9.26. The summed E-state index contributed by atoms with van der Waals surface area (Å²) < 4.78 is 17.2. The van der Waals surface area contributed by atoms with Crippen LogP contribution in [0.3, 0.4) is 0 Å². The van der Waals surface area contributed by atoms with Crippen molar-refractivity contribution < 1.29 is 9.18 Å². The molecule has 7 nitrogen and oxygen atoms in total. The van der Waals surface area contributed by atoms with Gasteiger partial charge in [0.25, 0.3) is 5.56 Å². The maximum Gasteiger partial charge on any atom is 0.263 e. The van der Waals surface area contributed by atoms with Crippen LogP contribution >= 0.6 is 11.8 Å². The molecular weight excluding hydrogens is 465 g/mol. The van der Waals surface area contributed by atoms with Crippen LogP contribution in [0.1, 0.15) is 16.7 Å². The SMILES string of the molecule is Cc1ccc(Cn2c(=O)c3ccccc3n3c(SCC(=O)Nc4ccc(C)c(F)c4)nnc23)cc1. The highest BCUT2D eigenvalue weighted by molar-refractivity contribution is 7.99. The Labute approximate surface area is 204 Å². The van der Waals surface area contributed by atoms with E-state index < -0.39 is 0 Å². The predicted molar refractivity (Wildman–Crippen MR) is 136 cm³/mol. The lowest BCUT2D eigenvalue weighted by Gasteiger charge is -2.11. The number of benzene rings is 3. The van der Waals surface area contributed by atoms with E-state index in [0.29, 0.717) is 39.6 Å². The van der Waals surface area contributed by atoms with Gasteiger partial charge in [0.2, 0.25) is 11.7 Å². The van der Waals surface area contributed by atoms with Crippen LogP contribution in [0.5, 0.6) is 0 Å². The fraction of sp³-hybridized carbons (Fsp3) is 0.154. The average Bonchev–Trinajstić information content (AvgIpc) is 3.28. The number of anilines is 1. The number of amides is 1. The standard InChI is InChI=1S/C26H22FN5O2S/c1-16-7-10-18(11-8-16)14-31-24(34)20-5-3-4-6-22(20)32-25(31)29-30-26(32)35-15-23(33)28-19-12-9-17(2)21(27)13-19/h3-13H,14-15H2,1-2H3,(H,28,33). The Bertz CT molecular complexity index is 1630. The summed E-state index contributed by atoms with van der Waals surface area (Å²) in [6, 6.07) is 19.8. The van der Waals surface area contributed by atoms with Gasteiger partial charge in [-0.05, 0) is 49.2 Å². The number of aromatic nitrogens is 4. The fourth-order valence-corrected chi connectivity index (χ4v) is 4.58. The third-order valence-electron chi connectivity index (χ3n) is 5.73. The van der Waals surface area contributed by atoms with Crippen molar-refractivity contribution in [2.45, 2.75) is 25.5 Å². The van der Waals surface area contributed by atoms with E-state index in [0.717, 1.165) is 11.1 Å². The van der Waals surface area contributed by atoms with Gasteiger partial charge in [-0.3, -0.25) is 18.6 Å². The first-order valence-electron chi connectivity index (χ1n) is 11.0. The van der Waals surface area contributed by atoms with Crippen molar-refractivity contribution in [3.05, 3.63) is 99.6 Å². The van der Waals surface area contributed by atoms with Crippen LogP contribution in [-0.4, -0.2) is 30.8 Å². The second kappa shape index (κ2) is 9.34. The smallest absolute Gasteiger partial charge is 0.263 e. The number of halogens is 1. The van der Waals surface area contributed by atoms with E-state index in [4.69, 9.17) is 0 Å². The molecule has 1 amide bonds. The van der Waals surface area contributed by atoms with Crippen LogP contribution in [0.2, 0.25) is 0 Å². The number of aryl methyl sites for hydroxylation is 2. The first-order chi connectivity index (χ1) is 16.9. The molecule has 35 heavy (non-hydrogen) atoms. The average molecular weight is 488 g/mol. The number of para-hydroxylation sites is 1. The van der Waals surface area contributed by atoms with Crippen LogP contribution in [0.15, 0.2) is 76.7 Å². The number of carbonyl (C=O) groups excluding carboxylic acids is 1. The largest absolute Gasteiger partial charge is 0.325 e. The lowest BCUT2D eigenvalue weighted by Crippen LogP contribution is -2.24. The summed E-state index contributed by atoms with van der Waals surface area (Å²) in [7, 11) is 0. The van der Waals surface area contributed by atoms with Crippen molar-refractivity contribution in [2.75, 3.05) is 11.1 Å². The van der Waals surface area contributed by atoms with Gasteiger partial charge >= 0.3 is 0 Å². The first-order valence-corrected chi connectivity index (χ1v) is 12.0. The zero-order valence-corrected chi connectivity index (χ0v) is 20.0. The highest BCUT2D eigenvalue weighted by Gasteiger charge is 2.18. The highest BCUT2D eigenvalue weighted by Crippen LogP contribution is 2.23. The molecule has 0 fully saturated rings.